The molecular formula is C10H13N3O. The van der Waals surface area contributed by atoms with Crippen molar-refractivity contribution < 1.29 is 4.79 Å². The summed E-state index contributed by atoms with van der Waals surface area (Å²) < 4.78 is 1.74. The standard InChI is InChI=1S/C10H13N3O/c1-12-6-8(5-11-12)13-7-10(2-3-10)4-9(13)14/h5-6H,2-4,7H2,1H3. The summed E-state index contributed by atoms with van der Waals surface area (Å²) in [4.78, 5) is 13.6. The molecule has 1 spiro atoms. The number of carbonyl (C=O) groups excluding carboxylic acids is 1. The van der Waals surface area contributed by atoms with Crippen molar-refractivity contribution in [3.8, 4) is 0 Å². The summed E-state index contributed by atoms with van der Waals surface area (Å²) in [6.45, 7) is 0.900. The number of rotatable bonds is 1. The van der Waals surface area contributed by atoms with Gasteiger partial charge in [-0.05, 0) is 18.3 Å². The molecule has 2 aliphatic rings. The minimum absolute atomic E-state index is 0.260. The largest absolute Gasteiger partial charge is 0.309 e. The van der Waals surface area contributed by atoms with Crippen molar-refractivity contribution in [1.82, 2.24) is 9.78 Å². The molecule has 0 aromatic carbocycles. The first kappa shape index (κ1) is 8.03. The highest BCUT2D eigenvalue weighted by Crippen LogP contribution is 2.53. The number of aromatic nitrogens is 2. The van der Waals surface area contributed by atoms with Crippen LogP contribution in [0.2, 0.25) is 0 Å². The minimum Gasteiger partial charge on any atom is -0.309 e. The summed E-state index contributed by atoms with van der Waals surface area (Å²) in [6, 6.07) is 0. The van der Waals surface area contributed by atoms with Gasteiger partial charge in [-0.3, -0.25) is 9.48 Å². The molecule has 0 N–H and O–H groups in total. The van der Waals surface area contributed by atoms with Gasteiger partial charge in [-0.1, -0.05) is 0 Å². The molecule has 4 nitrogen and oxygen atoms in total. The van der Waals surface area contributed by atoms with Gasteiger partial charge in [0.2, 0.25) is 5.91 Å². The first-order valence-corrected chi connectivity index (χ1v) is 4.98. The number of nitrogens with zero attached hydrogens (tertiary/aromatic N) is 3. The molecule has 1 saturated heterocycles. The van der Waals surface area contributed by atoms with E-state index in [1.165, 1.54) is 12.8 Å². The molecule has 0 bridgehead atoms. The van der Waals surface area contributed by atoms with E-state index in [1.807, 2.05) is 18.1 Å². The predicted molar refractivity (Wildman–Crippen MR) is 51.8 cm³/mol. The van der Waals surface area contributed by atoms with Gasteiger partial charge in [0.05, 0.1) is 11.9 Å². The van der Waals surface area contributed by atoms with Gasteiger partial charge in [0.25, 0.3) is 0 Å². The lowest BCUT2D eigenvalue weighted by atomic mass is 10.1. The SMILES string of the molecule is Cn1cc(N2CC3(CC3)CC2=O)cn1. The Morgan fingerprint density at radius 3 is 2.79 bits per heavy atom. The van der Waals surface area contributed by atoms with Gasteiger partial charge in [0, 0.05) is 26.2 Å². The Bertz CT molecular complexity index is 392. The van der Waals surface area contributed by atoms with Gasteiger partial charge in [0.1, 0.15) is 0 Å². The second-order valence-electron chi connectivity index (χ2n) is 4.53. The van der Waals surface area contributed by atoms with Crippen molar-refractivity contribution in [2.45, 2.75) is 19.3 Å². The van der Waals surface area contributed by atoms with Crippen LogP contribution in [0.25, 0.3) is 0 Å². The molecule has 1 amide bonds. The lowest BCUT2D eigenvalue weighted by molar-refractivity contribution is -0.117. The van der Waals surface area contributed by atoms with Gasteiger partial charge in [-0.2, -0.15) is 5.10 Å². The van der Waals surface area contributed by atoms with Crippen molar-refractivity contribution in [1.29, 1.82) is 0 Å². The average molecular weight is 191 g/mol. The molecule has 1 aliphatic heterocycles. The highest BCUT2D eigenvalue weighted by molar-refractivity contribution is 5.96. The van der Waals surface area contributed by atoms with Crippen LogP contribution in [-0.4, -0.2) is 22.2 Å². The molecule has 3 rings (SSSR count). The summed E-state index contributed by atoms with van der Waals surface area (Å²) in [5.74, 6) is 0.260. The van der Waals surface area contributed by atoms with Gasteiger partial charge < -0.3 is 4.90 Å². The van der Waals surface area contributed by atoms with Gasteiger partial charge in [0.15, 0.2) is 0 Å². The summed E-state index contributed by atoms with van der Waals surface area (Å²) in [5.41, 5.74) is 1.29. The molecule has 1 aromatic heterocycles. The van der Waals surface area contributed by atoms with Gasteiger partial charge in [-0.15, -0.1) is 0 Å². The van der Waals surface area contributed by atoms with Gasteiger partial charge >= 0.3 is 0 Å². The quantitative estimate of drug-likeness (QED) is 0.662. The normalized spacial score (nSPS) is 23.5. The minimum atomic E-state index is 0.260. The number of hydrogen-bond donors (Lipinski definition) is 0. The van der Waals surface area contributed by atoms with Crippen molar-refractivity contribution in [3.63, 3.8) is 0 Å². The zero-order chi connectivity index (χ0) is 9.76. The molecule has 2 heterocycles. The van der Waals surface area contributed by atoms with Crippen molar-refractivity contribution in [2.75, 3.05) is 11.4 Å². The summed E-state index contributed by atoms with van der Waals surface area (Å²) in [5, 5.41) is 4.09. The highest BCUT2D eigenvalue weighted by Gasteiger charge is 2.52. The lowest BCUT2D eigenvalue weighted by Gasteiger charge is -2.13. The van der Waals surface area contributed by atoms with E-state index >= 15 is 0 Å². The van der Waals surface area contributed by atoms with E-state index in [2.05, 4.69) is 5.10 Å². The molecule has 14 heavy (non-hydrogen) atoms. The Labute approximate surface area is 82.5 Å². The molecule has 2 fully saturated rings. The fourth-order valence-electron chi connectivity index (χ4n) is 2.19. The zero-order valence-electron chi connectivity index (χ0n) is 8.23. The van der Waals surface area contributed by atoms with E-state index in [4.69, 9.17) is 0 Å². The van der Waals surface area contributed by atoms with Crippen LogP contribution in [0.1, 0.15) is 19.3 Å². The summed E-state index contributed by atoms with van der Waals surface area (Å²) in [7, 11) is 1.87. The van der Waals surface area contributed by atoms with Crippen LogP contribution in [0.4, 0.5) is 5.69 Å². The second kappa shape index (κ2) is 2.38. The maximum atomic E-state index is 11.7. The van der Waals surface area contributed by atoms with Crippen LogP contribution < -0.4 is 4.90 Å². The predicted octanol–water partition coefficient (Wildman–Crippen LogP) is 0.937. The second-order valence-corrected chi connectivity index (χ2v) is 4.53. The van der Waals surface area contributed by atoms with E-state index in [1.54, 1.807) is 10.9 Å². The molecule has 0 unspecified atom stereocenters. The lowest BCUT2D eigenvalue weighted by Crippen LogP contribution is -2.24. The number of carbonyl (C=O) groups is 1. The third kappa shape index (κ3) is 1.06. The number of hydrogen-bond acceptors (Lipinski definition) is 2. The maximum Gasteiger partial charge on any atom is 0.227 e. The molecule has 1 aliphatic carbocycles. The molecule has 74 valence electrons. The first-order chi connectivity index (χ1) is 6.69. The topological polar surface area (TPSA) is 38.1 Å². The number of aryl methyl sites for hydroxylation is 1. The third-order valence-electron chi connectivity index (χ3n) is 3.28. The van der Waals surface area contributed by atoms with Crippen LogP contribution in [0.3, 0.4) is 0 Å². The smallest absolute Gasteiger partial charge is 0.227 e. The Kier molecular flexibility index (Phi) is 1.36. The number of anilines is 1. The Morgan fingerprint density at radius 1 is 1.50 bits per heavy atom. The fourth-order valence-corrected chi connectivity index (χ4v) is 2.19. The van der Waals surface area contributed by atoms with Crippen LogP contribution in [0.5, 0.6) is 0 Å². The Balaban J connectivity index is 1.89. The zero-order valence-corrected chi connectivity index (χ0v) is 8.23. The monoisotopic (exact) mass is 191 g/mol. The van der Waals surface area contributed by atoms with E-state index in [0.717, 1.165) is 18.7 Å². The van der Waals surface area contributed by atoms with Crippen molar-refractivity contribution in [3.05, 3.63) is 12.4 Å². The summed E-state index contributed by atoms with van der Waals surface area (Å²) in [6.07, 6.45) is 6.84. The van der Waals surface area contributed by atoms with E-state index in [9.17, 15) is 4.79 Å². The molecule has 4 heteroatoms. The van der Waals surface area contributed by atoms with Crippen LogP contribution >= 0.6 is 0 Å². The average Bonchev–Trinajstić information content (AvgIpc) is 2.59. The van der Waals surface area contributed by atoms with E-state index < -0.39 is 0 Å². The van der Waals surface area contributed by atoms with E-state index in [0.29, 0.717) is 5.41 Å². The molecule has 0 radical (unpaired) electrons. The number of amides is 1. The maximum absolute atomic E-state index is 11.7. The van der Waals surface area contributed by atoms with Crippen LogP contribution in [-0.2, 0) is 11.8 Å². The Hall–Kier alpha value is -1.32. The van der Waals surface area contributed by atoms with Crippen molar-refractivity contribution >= 4 is 11.6 Å². The summed E-state index contributed by atoms with van der Waals surface area (Å²) >= 11 is 0. The Morgan fingerprint density at radius 2 is 2.29 bits per heavy atom. The molecular weight excluding hydrogens is 178 g/mol. The van der Waals surface area contributed by atoms with Crippen LogP contribution in [0.15, 0.2) is 12.4 Å². The first-order valence-electron chi connectivity index (χ1n) is 4.98. The molecule has 1 aromatic rings. The van der Waals surface area contributed by atoms with E-state index in [-0.39, 0.29) is 5.91 Å². The van der Waals surface area contributed by atoms with Gasteiger partial charge in [-0.25, -0.2) is 0 Å². The highest BCUT2D eigenvalue weighted by atomic mass is 16.2. The van der Waals surface area contributed by atoms with Crippen LogP contribution in [0, 0.1) is 5.41 Å². The molecule has 0 atom stereocenters. The fraction of sp³-hybridized carbons (Fsp3) is 0.600. The van der Waals surface area contributed by atoms with Crippen molar-refractivity contribution in [2.24, 2.45) is 12.5 Å². The molecule has 1 saturated carbocycles. The third-order valence-corrected chi connectivity index (χ3v) is 3.28.